The number of aryl methyl sites for hydroxylation is 1. The van der Waals surface area contributed by atoms with E-state index in [0.717, 1.165) is 36.8 Å². The van der Waals surface area contributed by atoms with Gasteiger partial charge < -0.3 is 4.74 Å². The van der Waals surface area contributed by atoms with Crippen molar-refractivity contribution in [2.24, 2.45) is 0 Å². The van der Waals surface area contributed by atoms with Crippen LogP contribution in [-0.2, 0) is 23.0 Å². The normalized spacial score (nSPS) is 16.7. The second-order valence-electron chi connectivity index (χ2n) is 6.17. The maximum Gasteiger partial charge on any atom is 0.243 e. The van der Waals surface area contributed by atoms with Crippen molar-refractivity contribution in [1.29, 1.82) is 0 Å². The average Bonchev–Trinajstić information content (AvgIpc) is 3.10. The Bertz CT molecular complexity index is 810. The van der Waals surface area contributed by atoms with Crippen LogP contribution in [-0.4, -0.2) is 55.4 Å². The molecule has 0 amide bonds. The molecule has 1 saturated heterocycles. The molecule has 0 saturated carbocycles. The number of sulfonamides is 1. The predicted octanol–water partition coefficient (Wildman–Crippen LogP) is 2.61. The lowest BCUT2D eigenvalue weighted by molar-refractivity contribution is 0.180. The summed E-state index contributed by atoms with van der Waals surface area (Å²) in [6.45, 7) is 7.79. The van der Waals surface area contributed by atoms with Crippen molar-refractivity contribution < 1.29 is 13.2 Å². The van der Waals surface area contributed by atoms with E-state index in [2.05, 4.69) is 22.2 Å². The molecule has 1 aromatic heterocycles. The van der Waals surface area contributed by atoms with Crippen LogP contribution in [0.25, 0.3) is 0 Å². The van der Waals surface area contributed by atoms with Gasteiger partial charge in [-0.3, -0.25) is 4.90 Å². The lowest BCUT2D eigenvalue weighted by Crippen LogP contribution is -2.48. The Morgan fingerprint density at radius 1 is 1.12 bits per heavy atom. The molecule has 0 unspecified atom stereocenters. The highest BCUT2D eigenvalue weighted by Gasteiger charge is 2.28. The molecule has 6 nitrogen and oxygen atoms in total. The number of hydrogen-bond donors (Lipinski definition) is 0. The van der Waals surface area contributed by atoms with Gasteiger partial charge in [0.25, 0.3) is 0 Å². The summed E-state index contributed by atoms with van der Waals surface area (Å²) in [5, 5.41) is 3.25. The molecule has 26 heavy (non-hydrogen) atoms. The van der Waals surface area contributed by atoms with Crippen molar-refractivity contribution >= 4 is 21.4 Å². The Morgan fingerprint density at radius 3 is 2.38 bits per heavy atom. The first-order valence-corrected chi connectivity index (χ1v) is 11.2. The summed E-state index contributed by atoms with van der Waals surface area (Å²) in [5.41, 5.74) is 1.08. The summed E-state index contributed by atoms with van der Waals surface area (Å²) in [7, 11) is -3.45. The maximum absolute atomic E-state index is 12.8. The molecule has 0 spiro atoms. The molecule has 3 rings (SSSR count). The SMILES string of the molecule is CCOc1ccc(S(=O)(=O)N2CCN(Cc3csc(CC)n3)CC2)cc1. The number of ether oxygens (including phenoxy) is 1. The van der Waals surface area contributed by atoms with Crippen molar-refractivity contribution in [3.05, 3.63) is 40.3 Å². The number of aromatic nitrogens is 1. The summed E-state index contributed by atoms with van der Waals surface area (Å²) in [4.78, 5) is 7.18. The third-order valence-electron chi connectivity index (χ3n) is 4.39. The molecule has 0 atom stereocenters. The zero-order valence-electron chi connectivity index (χ0n) is 15.2. The molecule has 0 aliphatic carbocycles. The van der Waals surface area contributed by atoms with E-state index >= 15 is 0 Å². The van der Waals surface area contributed by atoms with Crippen LogP contribution in [0.4, 0.5) is 0 Å². The van der Waals surface area contributed by atoms with Crippen LogP contribution < -0.4 is 4.74 Å². The first kappa shape index (κ1) is 19.3. The minimum Gasteiger partial charge on any atom is -0.494 e. The summed E-state index contributed by atoms with van der Waals surface area (Å²) >= 11 is 1.69. The van der Waals surface area contributed by atoms with Crippen LogP contribution in [0.15, 0.2) is 34.5 Å². The monoisotopic (exact) mass is 395 g/mol. The van der Waals surface area contributed by atoms with E-state index in [0.29, 0.717) is 30.3 Å². The average molecular weight is 396 g/mol. The zero-order valence-corrected chi connectivity index (χ0v) is 16.9. The lowest BCUT2D eigenvalue weighted by atomic mass is 10.3. The van der Waals surface area contributed by atoms with Crippen LogP contribution in [0.1, 0.15) is 24.5 Å². The lowest BCUT2D eigenvalue weighted by Gasteiger charge is -2.33. The minimum atomic E-state index is -3.45. The van der Waals surface area contributed by atoms with Crippen LogP contribution in [0.3, 0.4) is 0 Å². The van der Waals surface area contributed by atoms with Crippen molar-refractivity contribution in [3.8, 4) is 5.75 Å². The van der Waals surface area contributed by atoms with Gasteiger partial charge in [0, 0.05) is 38.1 Å². The molecular formula is C18H25N3O3S2. The van der Waals surface area contributed by atoms with Crippen LogP contribution >= 0.6 is 11.3 Å². The van der Waals surface area contributed by atoms with E-state index < -0.39 is 10.0 Å². The highest BCUT2D eigenvalue weighted by molar-refractivity contribution is 7.89. The van der Waals surface area contributed by atoms with E-state index in [-0.39, 0.29) is 0 Å². The number of thiazole rings is 1. The molecule has 2 heterocycles. The van der Waals surface area contributed by atoms with Crippen LogP contribution in [0, 0.1) is 0 Å². The van der Waals surface area contributed by atoms with E-state index in [1.165, 1.54) is 0 Å². The highest BCUT2D eigenvalue weighted by Crippen LogP contribution is 2.21. The van der Waals surface area contributed by atoms with Gasteiger partial charge in [0.2, 0.25) is 10.0 Å². The van der Waals surface area contributed by atoms with Gasteiger partial charge in [0.05, 0.1) is 22.2 Å². The smallest absolute Gasteiger partial charge is 0.243 e. The van der Waals surface area contributed by atoms with Gasteiger partial charge in [-0.15, -0.1) is 11.3 Å². The quantitative estimate of drug-likeness (QED) is 0.721. The topological polar surface area (TPSA) is 62.7 Å². The number of benzene rings is 1. The van der Waals surface area contributed by atoms with Gasteiger partial charge in [0.1, 0.15) is 5.75 Å². The van der Waals surface area contributed by atoms with Crippen LogP contribution in [0.5, 0.6) is 5.75 Å². The number of hydrogen-bond acceptors (Lipinski definition) is 6. The Morgan fingerprint density at radius 2 is 1.81 bits per heavy atom. The van der Waals surface area contributed by atoms with Crippen molar-refractivity contribution in [2.75, 3.05) is 32.8 Å². The molecule has 8 heteroatoms. The first-order chi connectivity index (χ1) is 12.5. The van der Waals surface area contributed by atoms with Crippen LogP contribution in [0.2, 0.25) is 0 Å². The fourth-order valence-corrected chi connectivity index (χ4v) is 5.12. The van der Waals surface area contributed by atoms with Gasteiger partial charge >= 0.3 is 0 Å². The summed E-state index contributed by atoms with van der Waals surface area (Å²) in [6, 6.07) is 6.66. The van der Waals surface area contributed by atoms with Crippen molar-refractivity contribution in [3.63, 3.8) is 0 Å². The largest absolute Gasteiger partial charge is 0.494 e. The molecule has 1 aliphatic rings. The van der Waals surface area contributed by atoms with Gasteiger partial charge in [0.15, 0.2) is 0 Å². The highest BCUT2D eigenvalue weighted by atomic mass is 32.2. The van der Waals surface area contributed by atoms with Gasteiger partial charge in [-0.2, -0.15) is 4.31 Å². The second kappa shape index (κ2) is 8.47. The van der Waals surface area contributed by atoms with Gasteiger partial charge in [-0.25, -0.2) is 13.4 Å². The molecule has 0 bridgehead atoms. The third kappa shape index (κ3) is 4.43. The molecule has 1 aliphatic heterocycles. The Labute approximate surface area is 159 Å². The van der Waals surface area contributed by atoms with Crippen molar-refractivity contribution in [2.45, 2.75) is 31.7 Å². The second-order valence-corrected chi connectivity index (χ2v) is 9.05. The third-order valence-corrected chi connectivity index (χ3v) is 7.35. The van der Waals surface area contributed by atoms with E-state index in [1.54, 1.807) is 39.9 Å². The molecule has 0 N–H and O–H groups in total. The summed E-state index contributed by atoms with van der Waals surface area (Å²) in [6.07, 6.45) is 0.957. The summed E-state index contributed by atoms with van der Waals surface area (Å²) < 4.78 is 32.6. The van der Waals surface area contributed by atoms with E-state index in [1.807, 2.05) is 6.92 Å². The van der Waals surface area contributed by atoms with E-state index in [4.69, 9.17) is 4.74 Å². The Kier molecular flexibility index (Phi) is 6.29. The zero-order chi connectivity index (χ0) is 18.6. The standard InChI is InChI=1S/C18H25N3O3S2/c1-3-18-19-15(14-25-18)13-20-9-11-21(12-10-20)26(22,23)17-7-5-16(6-8-17)24-4-2/h5-8,14H,3-4,9-13H2,1-2H3. The Hall–Kier alpha value is -1.48. The van der Waals surface area contributed by atoms with Gasteiger partial charge in [-0.05, 0) is 37.6 Å². The minimum absolute atomic E-state index is 0.321. The molecule has 2 aromatic rings. The summed E-state index contributed by atoms with van der Waals surface area (Å²) in [5.74, 6) is 0.686. The molecule has 142 valence electrons. The molecule has 0 radical (unpaired) electrons. The fraction of sp³-hybridized carbons (Fsp3) is 0.500. The first-order valence-electron chi connectivity index (χ1n) is 8.91. The molecular weight excluding hydrogens is 370 g/mol. The van der Waals surface area contributed by atoms with Crippen molar-refractivity contribution in [1.82, 2.24) is 14.2 Å². The number of nitrogens with zero attached hydrogens (tertiary/aromatic N) is 3. The van der Waals surface area contributed by atoms with Gasteiger partial charge in [-0.1, -0.05) is 6.92 Å². The number of piperazine rings is 1. The maximum atomic E-state index is 12.8. The molecule has 1 aromatic carbocycles. The fourth-order valence-electron chi connectivity index (χ4n) is 2.96. The predicted molar refractivity (Wildman–Crippen MR) is 103 cm³/mol. The number of rotatable bonds is 7. The molecule has 1 fully saturated rings. The van der Waals surface area contributed by atoms with E-state index in [9.17, 15) is 8.42 Å². The Balaban J connectivity index is 1.59.